The minimum atomic E-state index is -0.431. The first kappa shape index (κ1) is 18.3. The maximum absolute atomic E-state index is 11.4. The Morgan fingerprint density at radius 3 is 2.92 bits per heavy atom. The van der Waals surface area contributed by atoms with Gasteiger partial charge in [0.25, 0.3) is 0 Å². The molecule has 3 rings (SSSR count). The Morgan fingerprint density at radius 2 is 2.27 bits per heavy atom. The van der Waals surface area contributed by atoms with Crippen molar-refractivity contribution in [3.05, 3.63) is 27.5 Å². The fraction of sp³-hybridized carbons (Fsp3) is 0.667. The summed E-state index contributed by atoms with van der Waals surface area (Å²) in [5.41, 5.74) is 0.317. The number of rotatable bonds is 6. The molecule has 0 amide bonds. The largest absolute Gasteiger partial charge is 0.353 e. The molecule has 26 heavy (non-hydrogen) atoms. The summed E-state index contributed by atoms with van der Waals surface area (Å²) in [6.07, 6.45) is 0.627. The van der Waals surface area contributed by atoms with E-state index >= 15 is 0 Å². The molecule has 11 nitrogen and oxygen atoms in total. The molecule has 142 valence electrons. The molecule has 1 aliphatic rings. The number of aromatic nitrogens is 4. The van der Waals surface area contributed by atoms with E-state index in [4.69, 9.17) is 4.52 Å². The summed E-state index contributed by atoms with van der Waals surface area (Å²) in [4.78, 5) is 17.6. The molecule has 1 aliphatic heterocycles. The van der Waals surface area contributed by atoms with Gasteiger partial charge in [0, 0.05) is 26.7 Å². The van der Waals surface area contributed by atoms with Crippen molar-refractivity contribution < 1.29 is 9.45 Å². The van der Waals surface area contributed by atoms with Crippen LogP contribution < -0.4 is 10.6 Å². The molecule has 0 aromatic carbocycles. The number of nitro groups is 1. The molecule has 0 spiro atoms. The highest BCUT2D eigenvalue weighted by Crippen LogP contribution is 2.31. The van der Waals surface area contributed by atoms with E-state index in [2.05, 4.69) is 30.8 Å². The molecule has 3 heterocycles. The lowest BCUT2D eigenvalue weighted by Crippen LogP contribution is -2.44. The van der Waals surface area contributed by atoms with Crippen molar-refractivity contribution in [2.45, 2.75) is 32.4 Å². The van der Waals surface area contributed by atoms with Crippen molar-refractivity contribution in [1.82, 2.24) is 30.1 Å². The molecule has 0 bridgehead atoms. The van der Waals surface area contributed by atoms with Gasteiger partial charge in [0.15, 0.2) is 5.82 Å². The van der Waals surface area contributed by atoms with Crippen LogP contribution in [0.3, 0.4) is 0 Å². The smallest absolute Gasteiger partial charge is 0.333 e. The number of aryl methyl sites for hydroxylation is 2. The van der Waals surface area contributed by atoms with Crippen molar-refractivity contribution in [1.29, 1.82) is 0 Å². The molecule has 1 fully saturated rings. The highest BCUT2D eigenvalue weighted by molar-refractivity contribution is 5.60. The fourth-order valence-electron chi connectivity index (χ4n) is 3.15. The number of likely N-dealkylation sites (N-methyl/N-ethyl adjacent to an activating group) is 1. The maximum Gasteiger partial charge on any atom is 0.333 e. The SMILES string of the molecule is CCC(Nc1c([N+](=O)[O-])c(C)nn1C)c1nc(C2CNCCN2C)no1. The molecule has 11 heteroatoms. The lowest BCUT2D eigenvalue weighted by Gasteiger charge is -2.30. The number of hydrogen-bond donors (Lipinski definition) is 2. The van der Waals surface area contributed by atoms with Crippen molar-refractivity contribution in [2.24, 2.45) is 7.05 Å². The molecule has 1 saturated heterocycles. The quantitative estimate of drug-likeness (QED) is 0.573. The summed E-state index contributed by atoms with van der Waals surface area (Å²) in [5.74, 6) is 1.36. The first-order valence-corrected chi connectivity index (χ1v) is 8.61. The van der Waals surface area contributed by atoms with Gasteiger partial charge < -0.3 is 15.2 Å². The third kappa shape index (κ3) is 3.40. The van der Waals surface area contributed by atoms with Crippen molar-refractivity contribution >= 4 is 11.5 Å². The van der Waals surface area contributed by atoms with Crippen LogP contribution in [0.15, 0.2) is 4.52 Å². The van der Waals surface area contributed by atoms with Gasteiger partial charge in [-0.1, -0.05) is 12.1 Å². The van der Waals surface area contributed by atoms with E-state index in [1.54, 1.807) is 14.0 Å². The van der Waals surface area contributed by atoms with Crippen LogP contribution in [0, 0.1) is 17.0 Å². The highest BCUT2D eigenvalue weighted by atomic mass is 16.6. The van der Waals surface area contributed by atoms with Gasteiger partial charge in [-0.25, -0.2) is 4.68 Å². The first-order valence-electron chi connectivity index (χ1n) is 8.61. The Kier molecular flexibility index (Phi) is 5.18. The number of nitrogens with one attached hydrogen (secondary N) is 2. The molecule has 2 aromatic rings. The van der Waals surface area contributed by atoms with Gasteiger partial charge in [-0.05, 0) is 20.4 Å². The van der Waals surface area contributed by atoms with Crippen LogP contribution in [0.5, 0.6) is 0 Å². The predicted octanol–water partition coefficient (Wildman–Crippen LogP) is 1.16. The molecule has 0 saturated carbocycles. The van der Waals surface area contributed by atoms with Crippen LogP contribution in [-0.2, 0) is 7.05 Å². The number of hydrogen-bond acceptors (Lipinski definition) is 9. The van der Waals surface area contributed by atoms with Crippen molar-refractivity contribution in [3.8, 4) is 0 Å². The molecule has 2 aromatic heterocycles. The third-order valence-corrected chi connectivity index (χ3v) is 4.66. The maximum atomic E-state index is 11.4. The number of anilines is 1. The lowest BCUT2D eigenvalue weighted by molar-refractivity contribution is -0.384. The average Bonchev–Trinajstić information content (AvgIpc) is 3.17. The van der Waals surface area contributed by atoms with E-state index in [0.717, 1.165) is 19.6 Å². The van der Waals surface area contributed by atoms with E-state index in [1.165, 1.54) is 4.68 Å². The standard InChI is InChI=1S/C15H24N8O3/c1-5-10(17-14-12(23(24)25)9(2)19-22(14)4)15-18-13(20-26-15)11-8-16-6-7-21(11)3/h10-11,16-17H,5-8H2,1-4H3. The predicted molar refractivity (Wildman–Crippen MR) is 93.8 cm³/mol. The fourth-order valence-corrected chi connectivity index (χ4v) is 3.15. The second-order valence-electron chi connectivity index (χ2n) is 6.46. The first-order chi connectivity index (χ1) is 12.4. The normalized spacial score (nSPS) is 19.5. The van der Waals surface area contributed by atoms with Crippen molar-refractivity contribution in [2.75, 3.05) is 32.0 Å². The summed E-state index contributed by atoms with van der Waals surface area (Å²) in [6.45, 7) is 6.16. The van der Waals surface area contributed by atoms with Gasteiger partial charge in [-0.2, -0.15) is 10.1 Å². The van der Waals surface area contributed by atoms with E-state index in [-0.39, 0.29) is 17.8 Å². The van der Waals surface area contributed by atoms with E-state index in [0.29, 0.717) is 29.6 Å². The number of piperazine rings is 1. The van der Waals surface area contributed by atoms with Gasteiger partial charge >= 0.3 is 5.69 Å². The molecular formula is C15H24N8O3. The second-order valence-corrected chi connectivity index (χ2v) is 6.46. The summed E-state index contributed by atoms with van der Waals surface area (Å²) in [5, 5.41) is 26.1. The van der Waals surface area contributed by atoms with Gasteiger partial charge in [0.05, 0.1) is 11.0 Å². The minimum Gasteiger partial charge on any atom is -0.353 e. The highest BCUT2D eigenvalue weighted by Gasteiger charge is 2.30. The summed E-state index contributed by atoms with van der Waals surface area (Å²) in [6, 6.07) is -0.293. The molecule has 0 radical (unpaired) electrons. The van der Waals surface area contributed by atoms with E-state index < -0.39 is 4.92 Å². The third-order valence-electron chi connectivity index (χ3n) is 4.66. The van der Waals surface area contributed by atoms with Crippen LogP contribution in [0.1, 0.15) is 42.8 Å². The summed E-state index contributed by atoms with van der Waals surface area (Å²) < 4.78 is 6.93. The second kappa shape index (κ2) is 7.38. The zero-order chi connectivity index (χ0) is 18.8. The summed E-state index contributed by atoms with van der Waals surface area (Å²) >= 11 is 0. The average molecular weight is 364 g/mol. The molecule has 2 N–H and O–H groups in total. The molecule has 2 atom stereocenters. The van der Waals surface area contributed by atoms with Crippen LogP contribution in [0.2, 0.25) is 0 Å². The van der Waals surface area contributed by atoms with Crippen LogP contribution in [0.4, 0.5) is 11.5 Å². The zero-order valence-electron chi connectivity index (χ0n) is 15.4. The molecule has 0 aliphatic carbocycles. The number of nitrogens with zero attached hydrogens (tertiary/aromatic N) is 6. The zero-order valence-corrected chi connectivity index (χ0v) is 15.4. The summed E-state index contributed by atoms with van der Waals surface area (Å²) in [7, 11) is 3.69. The monoisotopic (exact) mass is 364 g/mol. The Balaban J connectivity index is 1.83. The lowest BCUT2D eigenvalue weighted by atomic mass is 10.2. The van der Waals surface area contributed by atoms with E-state index in [1.807, 2.05) is 14.0 Å². The van der Waals surface area contributed by atoms with Crippen LogP contribution >= 0.6 is 0 Å². The minimum absolute atomic E-state index is 0.0399. The van der Waals surface area contributed by atoms with Gasteiger partial charge in [0.2, 0.25) is 11.7 Å². The van der Waals surface area contributed by atoms with Crippen LogP contribution in [-0.4, -0.2) is 56.4 Å². The Labute approximate surface area is 150 Å². The van der Waals surface area contributed by atoms with Gasteiger partial charge in [0.1, 0.15) is 11.7 Å². The Morgan fingerprint density at radius 1 is 1.50 bits per heavy atom. The molecular weight excluding hydrogens is 340 g/mol. The Hall–Kier alpha value is -2.53. The van der Waals surface area contributed by atoms with Crippen molar-refractivity contribution in [3.63, 3.8) is 0 Å². The van der Waals surface area contributed by atoms with Gasteiger partial charge in [-0.3, -0.25) is 15.0 Å². The van der Waals surface area contributed by atoms with Crippen LogP contribution in [0.25, 0.3) is 0 Å². The van der Waals surface area contributed by atoms with Gasteiger partial charge in [-0.15, -0.1) is 0 Å². The topological polar surface area (TPSA) is 127 Å². The van der Waals surface area contributed by atoms with E-state index in [9.17, 15) is 10.1 Å². The molecule has 2 unspecified atom stereocenters. The Bertz CT molecular complexity index is 786.